The van der Waals surface area contributed by atoms with Gasteiger partial charge >= 0.3 is 0 Å². The van der Waals surface area contributed by atoms with Crippen molar-refractivity contribution in [1.82, 2.24) is 20.1 Å². The van der Waals surface area contributed by atoms with E-state index in [1.54, 1.807) is 6.20 Å². The van der Waals surface area contributed by atoms with Gasteiger partial charge in [0.1, 0.15) is 0 Å². The molecule has 0 saturated carbocycles. The Labute approximate surface area is 132 Å². The normalized spacial score (nSPS) is 11.1. The molecule has 5 heteroatoms. The van der Waals surface area contributed by atoms with Crippen molar-refractivity contribution in [2.24, 2.45) is 0 Å². The molecule has 0 atom stereocenters. The van der Waals surface area contributed by atoms with E-state index >= 15 is 0 Å². The van der Waals surface area contributed by atoms with Gasteiger partial charge in [-0.2, -0.15) is 5.10 Å². The van der Waals surface area contributed by atoms with Gasteiger partial charge in [0.15, 0.2) is 5.82 Å². The number of benzene rings is 1. The second-order valence-electron chi connectivity index (χ2n) is 4.94. The maximum atomic E-state index is 4.77. The summed E-state index contributed by atoms with van der Waals surface area (Å²) in [5.41, 5.74) is 1.03. The monoisotopic (exact) mass is 344 g/mol. The molecular weight excluding hydrogens is 328 g/mol. The highest BCUT2D eigenvalue weighted by Crippen LogP contribution is 2.22. The van der Waals surface area contributed by atoms with E-state index in [0.29, 0.717) is 0 Å². The minimum absolute atomic E-state index is 0.772. The maximum absolute atomic E-state index is 4.77. The van der Waals surface area contributed by atoms with Crippen LogP contribution in [0.15, 0.2) is 47.2 Å². The number of aromatic nitrogens is 3. The molecule has 3 rings (SSSR count). The van der Waals surface area contributed by atoms with Gasteiger partial charge in [-0.15, -0.1) is 0 Å². The van der Waals surface area contributed by atoms with Crippen molar-refractivity contribution in [1.29, 1.82) is 0 Å². The van der Waals surface area contributed by atoms with Crippen LogP contribution in [0.4, 0.5) is 0 Å². The molecule has 0 aliphatic heterocycles. The van der Waals surface area contributed by atoms with Gasteiger partial charge in [0, 0.05) is 18.1 Å². The van der Waals surface area contributed by atoms with Crippen molar-refractivity contribution in [3.8, 4) is 5.82 Å². The van der Waals surface area contributed by atoms with Crippen molar-refractivity contribution in [2.45, 2.75) is 19.9 Å². The quantitative estimate of drug-likeness (QED) is 0.718. The van der Waals surface area contributed by atoms with Crippen LogP contribution in [0.1, 0.15) is 19.0 Å². The summed E-state index contributed by atoms with van der Waals surface area (Å²) in [7, 11) is 0. The van der Waals surface area contributed by atoms with Crippen molar-refractivity contribution in [3.05, 3.63) is 52.9 Å². The van der Waals surface area contributed by atoms with Crippen LogP contribution >= 0.6 is 15.9 Å². The van der Waals surface area contributed by atoms with Gasteiger partial charge in [-0.25, -0.2) is 9.67 Å². The van der Waals surface area contributed by atoms with Crippen LogP contribution in [0.5, 0.6) is 0 Å². The Morgan fingerprint density at radius 3 is 2.90 bits per heavy atom. The smallest absolute Gasteiger partial charge is 0.161 e. The van der Waals surface area contributed by atoms with Crippen LogP contribution in [-0.4, -0.2) is 21.3 Å². The lowest BCUT2D eigenvalue weighted by Crippen LogP contribution is -2.15. The average molecular weight is 345 g/mol. The molecule has 0 spiro atoms. The fraction of sp³-hybridized carbons (Fsp3) is 0.250. The molecule has 0 radical (unpaired) electrons. The highest BCUT2D eigenvalue weighted by Gasteiger charge is 2.09. The Balaban J connectivity index is 2.07. The number of pyridine rings is 1. The van der Waals surface area contributed by atoms with Gasteiger partial charge in [0.2, 0.25) is 0 Å². The summed E-state index contributed by atoms with van der Waals surface area (Å²) in [5.74, 6) is 0.868. The Bertz CT molecular complexity index is 751. The second kappa shape index (κ2) is 6.37. The van der Waals surface area contributed by atoms with E-state index in [1.807, 2.05) is 23.0 Å². The predicted molar refractivity (Wildman–Crippen MR) is 88.6 cm³/mol. The van der Waals surface area contributed by atoms with Crippen LogP contribution in [0.2, 0.25) is 0 Å². The van der Waals surface area contributed by atoms with Crippen molar-refractivity contribution in [2.75, 3.05) is 6.54 Å². The van der Waals surface area contributed by atoms with Gasteiger partial charge in [0.25, 0.3) is 0 Å². The Morgan fingerprint density at radius 2 is 2.14 bits per heavy atom. The lowest BCUT2D eigenvalue weighted by molar-refractivity contribution is 0.662. The van der Waals surface area contributed by atoms with Gasteiger partial charge < -0.3 is 5.32 Å². The standard InChI is InChI=1S/C16H17BrN4/c1-2-7-18-10-14-8-12-5-3-4-6-15(12)16(20-14)21-11-13(17)9-19-21/h3-6,8-9,11,18H,2,7,10H2,1H3. The van der Waals surface area contributed by atoms with Crippen LogP contribution in [0.3, 0.4) is 0 Å². The van der Waals surface area contributed by atoms with Crippen LogP contribution in [0, 0.1) is 0 Å². The van der Waals surface area contributed by atoms with E-state index < -0.39 is 0 Å². The Kier molecular flexibility index (Phi) is 4.31. The van der Waals surface area contributed by atoms with Crippen LogP contribution in [-0.2, 0) is 6.54 Å². The van der Waals surface area contributed by atoms with E-state index in [4.69, 9.17) is 4.98 Å². The molecule has 108 valence electrons. The van der Waals surface area contributed by atoms with Crippen molar-refractivity contribution < 1.29 is 0 Å². The van der Waals surface area contributed by atoms with E-state index in [9.17, 15) is 0 Å². The number of fused-ring (bicyclic) bond motifs is 1. The van der Waals surface area contributed by atoms with E-state index in [1.165, 1.54) is 5.39 Å². The lowest BCUT2D eigenvalue weighted by atomic mass is 10.1. The molecule has 1 N–H and O–H groups in total. The molecule has 4 nitrogen and oxygen atoms in total. The minimum atomic E-state index is 0.772. The van der Waals surface area contributed by atoms with Gasteiger partial charge in [0.05, 0.1) is 16.4 Å². The van der Waals surface area contributed by atoms with Crippen LogP contribution in [0.25, 0.3) is 16.6 Å². The van der Waals surface area contributed by atoms with Crippen LogP contribution < -0.4 is 5.32 Å². The van der Waals surface area contributed by atoms with E-state index in [-0.39, 0.29) is 0 Å². The number of nitrogens with one attached hydrogen (secondary N) is 1. The highest BCUT2D eigenvalue weighted by atomic mass is 79.9. The fourth-order valence-corrected chi connectivity index (χ4v) is 2.60. The molecule has 2 heterocycles. The largest absolute Gasteiger partial charge is 0.311 e. The molecule has 1 aromatic carbocycles. The number of rotatable bonds is 5. The van der Waals surface area contributed by atoms with Gasteiger partial charge in [-0.1, -0.05) is 31.2 Å². The first kappa shape index (κ1) is 14.2. The zero-order valence-corrected chi connectivity index (χ0v) is 13.5. The maximum Gasteiger partial charge on any atom is 0.161 e. The summed E-state index contributed by atoms with van der Waals surface area (Å²) >= 11 is 3.44. The first-order valence-electron chi connectivity index (χ1n) is 7.08. The predicted octanol–water partition coefficient (Wildman–Crippen LogP) is 3.68. The third-order valence-corrected chi connectivity index (χ3v) is 3.68. The molecule has 0 bridgehead atoms. The first-order chi connectivity index (χ1) is 10.3. The van der Waals surface area contributed by atoms with E-state index in [0.717, 1.165) is 40.9 Å². The molecule has 21 heavy (non-hydrogen) atoms. The van der Waals surface area contributed by atoms with Crippen molar-refractivity contribution in [3.63, 3.8) is 0 Å². The lowest BCUT2D eigenvalue weighted by Gasteiger charge is -2.10. The summed E-state index contributed by atoms with van der Waals surface area (Å²) in [6.07, 6.45) is 4.82. The van der Waals surface area contributed by atoms with E-state index in [2.05, 4.69) is 51.5 Å². The second-order valence-corrected chi connectivity index (χ2v) is 5.85. The fourth-order valence-electron chi connectivity index (χ4n) is 2.31. The molecular formula is C16H17BrN4. The third kappa shape index (κ3) is 3.14. The average Bonchev–Trinajstić information content (AvgIpc) is 2.93. The zero-order valence-electron chi connectivity index (χ0n) is 11.9. The Hall–Kier alpha value is -1.72. The summed E-state index contributed by atoms with van der Waals surface area (Å²) in [6.45, 7) is 3.93. The number of nitrogens with zero attached hydrogens (tertiary/aromatic N) is 3. The number of hydrogen-bond acceptors (Lipinski definition) is 3. The SMILES string of the molecule is CCCNCc1cc2ccccc2c(-n2cc(Br)cn2)n1. The molecule has 0 saturated heterocycles. The summed E-state index contributed by atoms with van der Waals surface area (Å²) < 4.78 is 2.76. The molecule has 0 aliphatic carbocycles. The summed E-state index contributed by atoms with van der Waals surface area (Å²) in [4.78, 5) is 4.77. The van der Waals surface area contributed by atoms with Gasteiger partial charge in [-0.3, -0.25) is 0 Å². The highest BCUT2D eigenvalue weighted by molar-refractivity contribution is 9.10. The molecule has 0 amide bonds. The number of hydrogen-bond donors (Lipinski definition) is 1. The Morgan fingerprint density at radius 1 is 1.29 bits per heavy atom. The minimum Gasteiger partial charge on any atom is -0.311 e. The zero-order chi connectivity index (χ0) is 14.7. The molecule has 0 aliphatic rings. The topological polar surface area (TPSA) is 42.7 Å². The first-order valence-corrected chi connectivity index (χ1v) is 7.87. The number of halogens is 1. The van der Waals surface area contributed by atoms with Gasteiger partial charge in [-0.05, 0) is 40.3 Å². The molecule has 3 aromatic rings. The molecule has 2 aromatic heterocycles. The third-order valence-electron chi connectivity index (χ3n) is 3.27. The molecule has 0 fully saturated rings. The molecule has 0 unspecified atom stereocenters. The summed E-state index contributed by atoms with van der Waals surface area (Å²) in [5, 5.41) is 10.0. The summed E-state index contributed by atoms with van der Waals surface area (Å²) in [6, 6.07) is 10.4. The van der Waals surface area contributed by atoms with Crippen molar-refractivity contribution >= 4 is 26.7 Å².